The van der Waals surface area contributed by atoms with E-state index in [9.17, 15) is 39.9 Å². The third-order valence-corrected chi connectivity index (χ3v) is 6.78. The quantitative estimate of drug-likeness (QED) is 0.340. The minimum atomic E-state index is -5.73. The molecule has 1 fully saturated rings. The predicted octanol–water partition coefficient (Wildman–Crippen LogP) is 8.84. The Bertz CT molecular complexity index is 1050. The highest BCUT2D eigenvalue weighted by Gasteiger charge is 2.58. The number of aliphatic carboxylic acids is 1. The molecule has 1 N–H and O–H groups in total. The van der Waals surface area contributed by atoms with Gasteiger partial charge in [0.25, 0.3) is 0 Å². The van der Waals surface area contributed by atoms with Crippen LogP contribution in [0.25, 0.3) is 0 Å². The Kier molecular flexibility index (Phi) is 10.9. The standard InChI is InChI=1S/C23H21F8NO2.C5H12/c24-21(25,23(29,30)31)17-5-1-14(2-6-17)13-32-10-9-15(12-20(33)34)11-19(32)16-3-7-18(8-4-16)22(26,27)28;1-4-5(2)3/h1-8,15,19H,9-13H2,(H,33,34);5H,4H2,1-3H3. The molecule has 0 bridgehead atoms. The number of carboxylic acid groups (broad SMARTS) is 1. The molecule has 1 aliphatic heterocycles. The zero-order valence-electron chi connectivity index (χ0n) is 21.9. The van der Waals surface area contributed by atoms with E-state index in [1.807, 2.05) is 4.90 Å². The fourth-order valence-electron chi connectivity index (χ4n) is 4.17. The highest BCUT2D eigenvalue weighted by Crippen LogP contribution is 2.44. The van der Waals surface area contributed by atoms with Gasteiger partial charge in [-0.05, 0) is 54.5 Å². The normalized spacial score (nSPS) is 19.0. The third kappa shape index (κ3) is 9.19. The van der Waals surface area contributed by atoms with Crippen molar-refractivity contribution in [3.63, 3.8) is 0 Å². The molecule has 1 saturated heterocycles. The van der Waals surface area contributed by atoms with Gasteiger partial charge in [-0.25, -0.2) is 0 Å². The number of halogens is 8. The van der Waals surface area contributed by atoms with Crippen LogP contribution in [0.3, 0.4) is 0 Å². The van der Waals surface area contributed by atoms with Crippen LogP contribution in [0.5, 0.6) is 0 Å². The van der Waals surface area contributed by atoms with Crippen LogP contribution in [-0.2, 0) is 23.4 Å². The first-order chi connectivity index (χ1) is 18.0. The summed E-state index contributed by atoms with van der Waals surface area (Å²) >= 11 is 0. The van der Waals surface area contributed by atoms with Gasteiger partial charge in [-0.1, -0.05) is 63.6 Å². The number of nitrogens with zero attached hydrogens (tertiary/aromatic N) is 1. The van der Waals surface area contributed by atoms with Crippen LogP contribution in [0.15, 0.2) is 48.5 Å². The van der Waals surface area contributed by atoms with E-state index in [2.05, 4.69) is 20.8 Å². The first-order valence-corrected chi connectivity index (χ1v) is 12.6. The van der Waals surface area contributed by atoms with Crippen LogP contribution < -0.4 is 0 Å². The number of carboxylic acids is 1. The summed E-state index contributed by atoms with van der Waals surface area (Å²) in [7, 11) is 0. The Balaban J connectivity index is 0.000000976. The van der Waals surface area contributed by atoms with Gasteiger partial charge in [0.2, 0.25) is 0 Å². The number of carbonyl (C=O) groups is 1. The van der Waals surface area contributed by atoms with Crippen molar-refractivity contribution in [3.8, 4) is 0 Å². The zero-order chi connectivity index (χ0) is 29.6. The summed E-state index contributed by atoms with van der Waals surface area (Å²) in [5.41, 5.74) is -1.05. The average Bonchev–Trinajstić information content (AvgIpc) is 2.84. The number of hydrogen-bond acceptors (Lipinski definition) is 2. The van der Waals surface area contributed by atoms with Crippen molar-refractivity contribution in [2.75, 3.05) is 6.54 Å². The molecule has 0 aromatic heterocycles. The van der Waals surface area contributed by atoms with Crippen molar-refractivity contribution in [3.05, 3.63) is 70.8 Å². The molecule has 2 unspecified atom stereocenters. The topological polar surface area (TPSA) is 40.5 Å². The lowest BCUT2D eigenvalue weighted by molar-refractivity contribution is -0.289. The predicted molar refractivity (Wildman–Crippen MR) is 131 cm³/mol. The van der Waals surface area contributed by atoms with E-state index in [0.717, 1.165) is 30.2 Å². The fourth-order valence-corrected chi connectivity index (χ4v) is 4.17. The molecule has 3 nitrogen and oxygen atoms in total. The molecule has 0 amide bonds. The highest BCUT2D eigenvalue weighted by molar-refractivity contribution is 5.67. The lowest BCUT2D eigenvalue weighted by atomic mass is 9.84. The minimum Gasteiger partial charge on any atom is -0.481 e. The Morgan fingerprint density at radius 3 is 1.87 bits per heavy atom. The van der Waals surface area contributed by atoms with Crippen molar-refractivity contribution in [1.29, 1.82) is 0 Å². The molecule has 2 atom stereocenters. The summed E-state index contributed by atoms with van der Waals surface area (Å²) in [5.74, 6) is -5.32. The van der Waals surface area contributed by atoms with Gasteiger partial charge in [-0.3, -0.25) is 9.69 Å². The van der Waals surface area contributed by atoms with Gasteiger partial charge >= 0.3 is 24.2 Å². The minimum absolute atomic E-state index is 0.105. The van der Waals surface area contributed by atoms with Gasteiger partial charge in [0.15, 0.2) is 0 Å². The molecule has 1 aliphatic rings. The SMILES string of the molecule is CCC(C)C.O=C(O)CC1CCN(Cc2ccc(C(F)(F)C(F)(F)F)cc2)C(c2ccc(C(F)(F)F)cc2)C1. The fraction of sp³-hybridized carbons (Fsp3) is 0.536. The Labute approximate surface area is 222 Å². The zero-order valence-corrected chi connectivity index (χ0v) is 21.9. The van der Waals surface area contributed by atoms with Crippen molar-refractivity contribution >= 4 is 5.97 Å². The molecule has 11 heteroatoms. The Morgan fingerprint density at radius 1 is 0.923 bits per heavy atom. The molecule has 0 spiro atoms. The van der Waals surface area contributed by atoms with Gasteiger partial charge in [-0.2, -0.15) is 35.1 Å². The number of alkyl halides is 8. The first-order valence-electron chi connectivity index (χ1n) is 12.6. The number of benzene rings is 2. The molecular formula is C28H33F8NO2. The maximum atomic E-state index is 13.5. The van der Waals surface area contributed by atoms with Gasteiger partial charge in [0.05, 0.1) is 5.56 Å². The van der Waals surface area contributed by atoms with Gasteiger partial charge in [-0.15, -0.1) is 0 Å². The lowest BCUT2D eigenvalue weighted by Gasteiger charge is -2.39. The molecule has 1 heterocycles. The third-order valence-electron chi connectivity index (χ3n) is 6.78. The number of likely N-dealkylation sites (tertiary alicyclic amines) is 1. The Morgan fingerprint density at radius 2 is 1.44 bits per heavy atom. The van der Waals surface area contributed by atoms with E-state index < -0.39 is 41.4 Å². The van der Waals surface area contributed by atoms with Crippen LogP contribution in [0, 0.1) is 11.8 Å². The molecule has 0 aliphatic carbocycles. The highest BCUT2D eigenvalue weighted by atomic mass is 19.4. The average molecular weight is 568 g/mol. The number of piperidine rings is 1. The smallest absolute Gasteiger partial charge is 0.458 e. The van der Waals surface area contributed by atoms with Crippen molar-refractivity contribution in [2.45, 2.75) is 77.3 Å². The van der Waals surface area contributed by atoms with Crippen LogP contribution in [0.2, 0.25) is 0 Å². The molecule has 0 radical (unpaired) electrons. The summed E-state index contributed by atoms with van der Waals surface area (Å²) in [4.78, 5) is 13.0. The van der Waals surface area contributed by atoms with E-state index in [-0.39, 0.29) is 18.9 Å². The molecule has 218 valence electrons. The van der Waals surface area contributed by atoms with Crippen LogP contribution in [0.1, 0.15) is 74.8 Å². The maximum Gasteiger partial charge on any atom is 0.458 e. The van der Waals surface area contributed by atoms with Crippen LogP contribution in [-0.4, -0.2) is 28.7 Å². The molecule has 2 aromatic rings. The molecular weight excluding hydrogens is 534 g/mol. The van der Waals surface area contributed by atoms with Crippen molar-refractivity contribution in [2.24, 2.45) is 11.8 Å². The summed E-state index contributed by atoms with van der Waals surface area (Å²) in [6, 6.07) is 7.76. The van der Waals surface area contributed by atoms with E-state index in [1.54, 1.807) is 0 Å². The van der Waals surface area contributed by atoms with E-state index in [4.69, 9.17) is 5.11 Å². The first kappa shape index (κ1) is 32.5. The summed E-state index contributed by atoms with van der Waals surface area (Å²) in [6.45, 7) is 7.16. The van der Waals surface area contributed by atoms with E-state index in [1.165, 1.54) is 18.6 Å². The van der Waals surface area contributed by atoms with Crippen molar-refractivity contribution in [1.82, 2.24) is 4.90 Å². The molecule has 2 aromatic carbocycles. The lowest BCUT2D eigenvalue weighted by Crippen LogP contribution is -2.37. The Hall–Kier alpha value is -2.69. The molecule has 39 heavy (non-hydrogen) atoms. The summed E-state index contributed by atoms with van der Waals surface area (Å²) in [6.07, 6.45) is -8.20. The number of rotatable bonds is 7. The summed E-state index contributed by atoms with van der Waals surface area (Å²) < 4.78 is 104. The van der Waals surface area contributed by atoms with Crippen LogP contribution in [0.4, 0.5) is 35.1 Å². The van der Waals surface area contributed by atoms with E-state index >= 15 is 0 Å². The molecule has 3 rings (SSSR count). The second-order valence-corrected chi connectivity index (χ2v) is 10.2. The molecule has 0 saturated carbocycles. The second-order valence-electron chi connectivity index (χ2n) is 10.2. The van der Waals surface area contributed by atoms with Crippen molar-refractivity contribution < 1.29 is 45.0 Å². The monoisotopic (exact) mass is 567 g/mol. The van der Waals surface area contributed by atoms with E-state index in [0.29, 0.717) is 42.6 Å². The number of hydrogen-bond donors (Lipinski definition) is 1. The van der Waals surface area contributed by atoms with Gasteiger partial charge in [0.1, 0.15) is 0 Å². The maximum absolute atomic E-state index is 13.5. The van der Waals surface area contributed by atoms with Gasteiger partial charge in [0, 0.05) is 24.6 Å². The van der Waals surface area contributed by atoms with Gasteiger partial charge < -0.3 is 5.11 Å². The second kappa shape index (κ2) is 13.1. The van der Waals surface area contributed by atoms with Crippen LogP contribution >= 0.6 is 0 Å². The largest absolute Gasteiger partial charge is 0.481 e. The summed E-state index contributed by atoms with van der Waals surface area (Å²) in [5, 5.41) is 9.12.